The number of ketones is 1. The minimum absolute atomic E-state index is 0.0953. The maximum Gasteiger partial charge on any atom is 0.167 e. The van der Waals surface area contributed by atoms with Crippen molar-refractivity contribution in [3.8, 4) is 0 Å². The first-order chi connectivity index (χ1) is 10.2. The van der Waals surface area contributed by atoms with Crippen LogP contribution in [0, 0.1) is 0 Å². The molecule has 21 heavy (non-hydrogen) atoms. The van der Waals surface area contributed by atoms with E-state index in [0.717, 1.165) is 30.6 Å². The summed E-state index contributed by atoms with van der Waals surface area (Å²) in [5.74, 6) is 0.0953. The predicted molar refractivity (Wildman–Crippen MR) is 86.3 cm³/mol. The first-order valence-corrected chi connectivity index (χ1v) is 7.70. The molecule has 0 aromatic heterocycles. The highest BCUT2D eigenvalue weighted by Gasteiger charge is 2.18. The molecule has 1 heterocycles. The van der Waals surface area contributed by atoms with Gasteiger partial charge in [-0.1, -0.05) is 53.5 Å². The number of hydrogen-bond donors (Lipinski definition) is 1. The molecule has 2 nitrogen and oxygen atoms in total. The van der Waals surface area contributed by atoms with Crippen LogP contribution in [0.4, 0.5) is 0 Å². The van der Waals surface area contributed by atoms with Crippen LogP contribution in [-0.4, -0.2) is 12.3 Å². The minimum atomic E-state index is 0.0953. The Hall–Kier alpha value is -1.35. The van der Waals surface area contributed by atoms with Crippen molar-refractivity contribution in [2.45, 2.75) is 19.4 Å². The van der Waals surface area contributed by atoms with Crippen molar-refractivity contribution >= 4 is 29.0 Å². The molecular formula is C17H15Cl2NO. The Balaban J connectivity index is 1.91. The monoisotopic (exact) mass is 319 g/mol. The zero-order chi connectivity index (χ0) is 14.8. The van der Waals surface area contributed by atoms with Crippen LogP contribution in [0.25, 0.3) is 0 Å². The van der Waals surface area contributed by atoms with E-state index >= 15 is 0 Å². The Bertz CT molecular complexity index is 697. The molecule has 0 saturated carbocycles. The normalized spacial score (nSPS) is 13.8. The predicted octanol–water partition coefficient (Wildman–Crippen LogP) is 4.06. The average molecular weight is 320 g/mol. The lowest BCUT2D eigenvalue weighted by atomic mass is 9.91. The number of carbonyl (C=O) groups is 1. The number of halogens is 2. The topological polar surface area (TPSA) is 29.1 Å². The molecule has 0 saturated heterocycles. The summed E-state index contributed by atoms with van der Waals surface area (Å²) in [4.78, 5) is 12.6. The van der Waals surface area contributed by atoms with Crippen LogP contribution >= 0.6 is 23.2 Å². The van der Waals surface area contributed by atoms with Gasteiger partial charge in [-0.25, -0.2) is 0 Å². The Morgan fingerprint density at radius 3 is 2.81 bits per heavy atom. The van der Waals surface area contributed by atoms with E-state index < -0.39 is 0 Å². The molecule has 1 N–H and O–H groups in total. The van der Waals surface area contributed by atoms with Crippen molar-refractivity contribution in [3.05, 3.63) is 68.7 Å². The molecule has 0 fully saturated rings. The third-order valence-corrected chi connectivity index (χ3v) is 4.68. The number of nitrogens with one attached hydrogen (secondary N) is 1. The summed E-state index contributed by atoms with van der Waals surface area (Å²) in [6, 6.07) is 11.3. The molecule has 0 atom stereocenters. The van der Waals surface area contributed by atoms with Gasteiger partial charge in [-0.15, -0.1) is 0 Å². The van der Waals surface area contributed by atoms with Crippen LogP contribution < -0.4 is 5.32 Å². The SMILES string of the molecule is O=C(Cc1cccc(Cl)c1Cl)c1cccc2c1CCNC2. The highest BCUT2D eigenvalue weighted by molar-refractivity contribution is 6.42. The van der Waals surface area contributed by atoms with Crippen LogP contribution in [0.1, 0.15) is 27.0 Å². The Morgan fingerprint density at radius 2 is 1.95 bits per heavy atom. The molecule has 1 aliphatic rings. The fraction of sp³-hybridized carbons (Fsp3) is 0.235. The lowest BCUT2D eigenvalue weighted by molar-refractivity contribution is 0.0992. The van der Waals surface area contributed by atoms with E-state index in [0.29, 0.717) is 10.0 Å². The van der Waals surface area contributed by atoms with Gasteiger partial charge in [-0.3, -0.25) is 4.79 Å². The first kappa shape index (κ1) is 14.6. The zero-order valence-electron chi connectivity index (χ0n) is 11.5. The van der Waals surface area contributed by atoms with Gasteiger partial charge in [-0.05, 0) is 35.7 Å². The van der Waals surface area contributed by atoms with Gasteiger partial charge in [0, 0.05) is 18.5 Å². The number of benzene rings is 2. The maximum atomic E-state index is 12.6. The van der Waals surface area contributed by atoms with Gasteiger partial charge in [0.25, 0.3) is 0 Å². The van der Waals surface area contributed by atoms with Crippen LogP contribution in [0.3, 0.4) is 0 Å². The largest absolute Gasteiger partial charge is 0.312 e. The van der Waals surface area contributed by atoms with Gasteiger partial charge >= 0.3 is 0 Å². The molecule has 0 radical (unpaired) electrons. The highest BCUT2D eigenvalue weighted by atomic mass is 35.5. The molecule has 2 aromatic rings. The van der Waals surface area contributed by atoms with Crippen LogP contribution in [0.5, 0.6) is 0 Å². The summed E-state index contributed by atoms with van der Waals surface area (Å²) >= 11 is 12.2. The van der Waals surface area contributed by atoms with E-state index in [9.17, 15) is 4.79 Å². The van der Waals surface area contributed by atoms with E-state index in [4.69, 9.17) is 23.2 Å². The fourth-order valence-corrected chi connectivity index (χ4v) is 3.13. The molecule has 1 aliphatic heterocycles. The molecule has 108 valence electrons. The number of fused-ring (bicyclic) bond motifs is 1. The van der Waals surface area contributed by atoms with Crippen LogP contribution in [-0.2, 0) is 19.4 Å². The summed E-state index contributed by atoms with van der Waals surface area (Å²) < 4.78 is 0. The van der Waals surface area contributed by atoms with E-state index in [-0.39, 0.29) is 12.2 Å². The Morgan fingerprint density at radius 1 is 1.14 bits per heavy atom. The summed E-state index contributed by atoms with van der Waals surface area (Å²) in [6.07, 6.45) is 1.17. The van der Waals surface area contributed by atoms with Crippen LogP contribution in [0.15, 0.2) is 36.4 Å². The van der Waals surface area contributed by atoms with Crippen molar-refractivity contribution < 1.29 is 4.79 Å². The second-order valence-corrected chi connectivity index (χ2v) is 5.97. The smallest absolute Gasteiger partial charge is 0.167 e. The van der Waals surface area contributed by atoms with Gasteiger partial charge in [0.05, 0.1) is 10.0 Å². The first-order valence-electron chi connectivity index (χ1n) is 6.94. The second-order valence-electron chi connectivity index (χ2n) is 5.18. The van der Waals surface area contributed by atoms with Crippen molar-refractivity contribution in [3.63, 3.8) is 0 Å². The Kier molecular flexibility index (Phi) is 4.29. The number of Topliss-reactive ketones (excluding diaryl/α,β-unsaturated/α-hetero) is 1. The lowest BCUT2D eigenvalue weighted by Gasteiger charge is -2.19. The maximum absolute atomic E-state index is 12.6. The Labute approximate surface area is 134 Å². The van der Waals surface area contributed by atoms with E-state index in [2.05, 4.69) is 11.4 Å². The minimum Gasteiger partial charge on any atom is -0.312 e. The molecule has 0 aliphatic carbocycles. The van der Waals surface area contributed by atoms with Gasteiger partial charge in [0.15, 0.2) is 5.78 Å². The van der Waals surface area contributed by atoms with E-state index in [1.165, 1.54) is 11.1 Å². The molecule has 2 aromatic carbocycles. The summed E-state index contributed by atoms with van der Waals surface area (Å²) in [5.41, 5.74) is 3.97. The van der Waals surface area contributed by atoms with E-state index in [1.807, 2.05) is 24.3 Å². The number of hydrogen-bond acceptors (Lipinski definition) is 2. The fourth-order valence-electron chi connectivity index (χ4n) is 2.75. The van der Waals surface area contributed by atoms with Gasteiger partial charge in [-0.2, -0.15) is 0 Å². The second kappa shape index (κ2) is 6.18. The molecule has 3 rings (SSSR count). The molecule has 0 bridgehead atoms. The average Bonchev–Trinajstić information content (AvgIpc) is 2.51. The summed E-state index contributed by atoms with van der Waals surface area (Å²) in [5, 5.41) is 4.28. The van der Waals surface area contributed by atoms with E-state index in [1.54, 1.807) is 6.07 Å². The van der Waals surface area contributed by atoms with Gasteiger partial charge in [0.2, 0.25) is 0 Å². The standard InChI is InChI=1S/C17H15Cl2NO/c18-15-6-2-3-11(17(15)19)9-16(21)14-5-1-4-12-10-20-8-7-13(12)14/h1-6,20H,7-10H2. The third kappa shape index (κ3) is 2.98. The molecule has 0 amide bonds. The highest BCUT2D eigenvalue weighted by Crippen LogP contribution is 2.27. The summed E-state index contributed by atoms with van der Waals surface area (Å²) in [6.45, 7) is 1.74. The van der Waals surface area contributed by atoms with Crippen LogP contribution in [0.2, 0.25) is 10.0 Å². The summed E-state index contributed by atoms with van der Waals surface area (Å²) in [7, 11) is 0. The quantitative estimate of drug-likeness (QED) is 0.864. The van der Waals surface area contributed by atoms with Crippen molar-refractivity contribution in [1.82, 2.24) is 5.32 Å². The van der Waals surface area contributed by atoms with Crippen molar-refractivity contribution in [1.29, 1.82) is 0 Å². The lowest BCUT2D eigenvalue weighted by Crippen LogP contribution is -2.25. The zero-order valence-corrected chi connectivity index (χ0v) is 13.0. The van der Waals surface area contributed by atoms with Gasteiger partial charge < -0.3 is 5.32 Å². The van der Waals surface area contributed by atoms with Crippen molar-refractivity contribution in [2.24, 2.45) is 0 Å². The van der Waals surface area contributed by atoms with Gasteiger partial charge in [0.1, 0.15) is 0 Å². The molecule has 0 unspecified atom stereocenters. The molecule has 0 spiro atoms. The number of carbonyl (C=O) groups excluding carboxylic acids is 1. The molecular weight excluding hydrogens is 305 g/mol. The van der Waals surface area contributed by atoms with Crippen molar-refractivity contribution in [2.75, 3.05) is 6.54 Å². The third-order valence-electron chi connectivity index (χ3n) is 3.82. The molecule has 4 heteroatoms. The number of rotatable bonds is 3.